The van der Waals surface area contributed by atoms with Crippen LogP contribution in [0.4, 0.5) is 11.4 Å². The lowest BCUT2D eigenvalue weighted by Crippen LogP contribution is -2.31. The molecule has 0 aromatic heterocycles. The number of fused-ring (bicyclic) bond motifs is 1. The lowest BCUT2D eigenvalue weighted by Gasteiger charge is -2.33. The molecular weight excluding hydrogens is 306 g/mol. The molecule has 2 aromatic carbocycles. The second kappa shape index (κ2) is 6.26. The fraction of sp³-hybridized carbons (Fsp3) is 0.263. The van der Waals surface area contributed by atoms with Crippen LogP contribution in [0, 0.1) is 0 Å². The van der Waals surface area contributed by atoms with E-state index in [1.807, 2.05) is 13.0 Å². The second-order valence-corrected chi connectivity index (χ2v) is 6.75. The van der Waals surface area contributed by atoms with Gasteiger partial charge in [0, 0.05) is 41.1 Å². The first-order valence-corrected chi connectivity index (χ1v) is 8.10. The summed E-state index contributed by atoms with van der Waals surface area (Å²) in [6.45, 7) is 7.64. The summed E-state index contributed by atoms with van der Waals surface area (Å²) in [5.74, 6) is 0.281. The maximum absolute atomic E-state index is 6.42. The first-order valence-electron chi connectivity index (χ1n) is 7.73. The first-order chi connectivity index (χ1) is 10.9. The number of nitrogens with zero attached hydrogens (tertiary/aromatic N) is 1. The Hall–Kier alpha value is -1.97. The van der Waals surface area contributed by atoms with E-state index >= 15 is 0 Å². The van der Waals surface area contributed by atoms with Gasteiger partial charge in [-0.3, -0.25) is 0 Å². The van der Waals surface area contributed by atoms with E-state index in [2.05, 4.69) is 54.2 Å². The Labute approximate surface area is 142 Å². The summed E-state index contributed by atoms with van der Waals surface area (Å²) >= 11 is 6.42. The molecule has 0 aliphatic carbocycles. The molecule has 0 saturated heterocycles. The lowest BCUT2D eigenvalue weighted by atomic mass is 9.84. The molecular formula is C19H22ClN3. The van der Waals surface area contributed by atoms with E-state index in [9.17, 15) is 0 Å². The van der Waals surface area contributed by atoms with Crippen molar-refractivity contribution in [1.82, 2.24) is 4.90 Å². The Bertz CT molecular complexity index is 737. The summed E-state index contributed by atoms with van der Waals surface area (Å²) in [5, 5.41) is 4.00. The summed E-state index contributed by atoms with van der Waals surface area (Å²) in [6, 6.07) is 12.4. The fourth-order valence-corrected chi connectivity index (χ4v) is 3.53. The van der Waals surface area contributed by atoms with Gasteiger partial charge in [0.25, 0.3) is 0 Å². The molecule has 1 heterocycles. The van der Waals surface area contributed by atoms with Crippen LogP contribution in [0.2, 0.25) is 5.02 Å². The van der Waals surface area contributed by atoms with Gasteiger partial charge in [-0.05, 0) is 54.9 Å². The number of hydrogen-bond donors (Lipinski definition) is 2. The Morgan fingerprint density at radius 1 is 1.30 bits per heavy atom. The van der Waals surface area contributed by atoms with Crippen LogP contribution in [0.25, 0.3) is 0 Å². The van der Waals surface area contributed by atoms with Crippen LogP contribution in [-0.4, -0.2) is 18.5 Å². The molecule has 3 rings (SSSR count). The molecule has 4 heteroatoms. The molecule has 0 fully saturated rings. The van der Waals surface area contributed by atoms with Crippen molar-refractivity contribution in [2.75, 3.05) is 24.6 Å². The van der Waals surface area contributed by atoms with Gasteiger partial charge in [0.05, 0.1) is 0 Å². The maximum Gasteiger partial charge on any atom is 0.0474 e. The minimum absolute atomic E-state index is 0.281. The minimum atomic E-state index is 0.281. The Kier molecular flexibility index (Phi) is 4.33. The molecule has 120 valence electrons. The monoisotopic (exact) mass is 327 g/mol. The van der Waals surface area contributed by atoms with Gasteiger partial charge in [-0.1, -0.05) is 30.3 Å². The van der Waals surface area contributed by atoms with Crippen molar-refractivity contribution in [2.24, 2.45) is 0 Å². The van der Waals surface area contributed by atoms with Crippen molar-refractivity contribution >= 4 is 23.0 Å². The van der Waals surface area contributed by atoms with Gasteiger partial charge in [0.15, 0.2) is 0 Å². The molecule has 0 bridgehead atoms. The van der Waals surface area contributed by atoms with E-state index in [-0.39, 0.29) is 5.92 Å². The summed E-state index contributed by atoms with van der Waals surface area (Å²) in [6.07, 6.45) is 0. The largest absolute Gasteiger partial charge is 0.399 e. The molecule has 3 N–H and O–H groups in total. The van der Waals surface area contributed by atoms with Crippen LogP contribution >= 0.6 is 11.6 Å². The van der Waals surface area contributed by atoms with E-state index in [4.69, 9.17) is 17.3 Å². The predicted octanol–water partition coefficient (Wildman–Crippen LogP) is 4.45. The SMILES string of the molecule is C=C(C)Nc1ccc(C2CN(C)Cc3c(Cl)cc(N)cc32)cc1. The van der Waals surface area contributed by atoms with E-state index in [0.29, 0.717) is 0 Å². The zero-order valence-electron chi connectivity index (χ0n) is 13.6. The van der Waals surface area contributed by atoms with Crippen LogP contribution in [0.15, 0.2) is 48.7 Å². The second-order valence-electron chi connectivity index (χ2n) is 6.35. The number of rotatable bonds is 3. The lowest BCUT2D eigenvalue weighted by molar-refractivity contribution is 0.295. The number of allylic oxidation sites excluding steroid dienone is 1. The molecule has 1 unspecified atom stereocenters. The Balaban J connectivity index is 1.99. The molecule has 0 amide bonds. The molecule has 0 spiro atoms. The highest BCUT2D eigenvalue weighted by atomic mass is 35.5. The molecule has 1 aliphatic rings. The molecule has 3 nitrogen and oxygen atoms in total. The number of halogens is 1. The third-order valence-corrected chi connectivity index (χ3v) is 4.56. The number of benzene rings is 2. The average Bonchev–Trinajstić information content (AvgIpc) is 2.48. The van der Waals surface area contributed by atoms with Crippen molar-refractivity contribution in [3.05, 3.63) is 70.4 Å². The fourth-order valence-electron chi connectivity index (χ4n) is 3.23. The first kappa shape index (κ1) is 15.9. The number of likely N-dealkylation sites (N-methyl/N-ethyl adjacent to an activating group) is 1. The number of anilines is 2. The summed E-state index contributed by atoms with van der Waals surface area (Å²) in [5.41, 5.74) is 12.4. The van der Waals surface area contributed by atoms with Gasteiger partial charge in [0.2, 0.25) is 0 Å². The Morgan fingerprint density at radius 2 is 2.00 bits per heavy atom. The predicted molar refractivity (Wildman–Crippen MR) is 98.9 cm³/mol. The molecule has 0 saturated carbocycles. The normalized spacial score (nSPS) is 17.6. The number of nitrogen functional groups attached to an aromatic ring is 1. The highest BCUT2D eigenvalue weighted by Crippen LogP contribution is 2.38. The number of nitrogens with one attached hydrogen (secondary N) is 1. The molecule has 1 aliphatic heterocycles. The van der Waals surface area contributed by atoms with Crippen LogP contribution in [0.3, 0.4) is 0 Å². The van der Waals surface area contributed by atoms with Gasteiger partial charge < -0.3 is 16.0 Å². The maximum atomic E-state index is 6.42. The third kappa shape index (κ3) is 3.36. The molecule has 23 heavy (non-hydrogen) atoms. The van der Waals surface area contributed by atoms with Gasteiger partial charge in [0.1, 0.15) is 0 Å². The summed E-state index contributed by atoms with van der Waals surface area (Å²) < 4.78 is 0. The Morgan fingerprint density at radius 3 is 2.65 bits per heavy atom. The molecule has 1 atom stereocenters. The molecule has 2 aromatic rings. The smallest absolute Gasteiger partial charge is 0.0474 e. The van der Waals surface area contributed by atoms with Crippen molar-refractivity contribution in [3.63, 3.8) is 0 Å². The van der Waals surface area contributed by atoms with Crippen LogP contribution in [0.5, 0.6) is 0 Å². The topological polar surface area (TPSA) is 41.3 Å². The van der Waals surface area contributed by atoms with E-state index in [1.165, 1.54) is 16.7 Å². The van der Waals surface area contributed by atoms with Crippen LogP contribution < -0.4 is 11.1 Å². The van der Waals surface area contributed by atoms with E-state index in [1.54, 1.807) is 0 Å². The summed E-state index contributed by atoms with van der Waals surface area (Å²) in [7, 11) is 2.12. The van der Waals surface area contributed by atoms with Gasteiger partial charge in [-0.2, -0.15) is 0 Å². The zero-order chi connectivity index (χ0) is 16.6. The molecule has 0 radical (unpaired) electrons. The van der Waals surface area contributed by atoms with Crippen LogP contribution in [0.1, 0.15) is 29.5 Å². The van der Waals surface area contributed by atoms with Crippen LogP contribution in [-0.2, 0) is 6.54 Å². The van der Waals surface area contributed by atoms with E-state index in [0.717, 1.165) is 35.2 Å². The quantitative estimate of drug-likeness (QED) is 0.819. The number of nitrogens with two attached hydrogens (primary N) is 1. The highest BCUT2D eigenvalue weighted by Gasteiger charge is 2.26. The summed E-state index contributed by atoms with van der Waals surface area (Å²) in [4.78, 5) is 2.30. The standard InChI is InChI=1S/C19H22ClN3/c1-12(2)22-15-6-4-13(5-7-15)17-10-23(3)11-18-16(17)8-14(21)9-19(18)20/h4-9,17,22H,1,10-11,21H2,2-3H3. The zero-order valence-corrected chi connectivity index (χ0v) is 14.3. The van der Waals surface area contributed by atoms with Crippen molar-refractivity contribution < 1.29 is 0 Å². The average molecular weight is 328 g/mol. The number of hydrogen-bond acceptors (Lipinski definition) is 3. The van der Waals surface area contributed by atoms with E-state index < -0.39 is 0 Å². The van der Waals surface area contributed by atoms with Crippen molar-refractivity contribution in [2.45, 2.75) is 19.4 Å². The van der Waals surface area contributed by atoms with Crippen molar-refractivity contribution in [3.8, 4) is 0 Å². The highest BCUT2D eigenvalue weighted by molar-refractivity contribution is 6.31. The van der Waals surface area contributed by atoms with Crippen molar-refractivity contribution in [1.29, 1.82) is 0 Å². The van der Waals surface area contributed by atoms with Gasteiger partial charge in [-0.15, -0.1) is 0 Å². The van der Waals surface area contributed by atoms with Gasteiger partial charge >= 0.3 is 0 Å². The van der Waals surface area contributed by atoms with Gasteiger partial charge in [-0.25, -0.2) is 0 Å². The minimum Gasteiger partial charge on any atom is -0.399 e. The third-order valence-electron chi connectivity index (χ3n) is 4.22.